The molecule has 0 N–H and O–H groups in total. The molecule has 0 fully saturated rings. The topological polar surface area (TPSA) is 58.8 Å². The number of benzene rings is 1. The van der Waals surface area contributed by atoms with Crippen molar-refractivity contribution in [3.8, 4) is 17.7 Å². The molecule has 0 aliphatic rings. The third-order valence-electron chi connectivity index (χ3n) is 3.29. The molecule has 4 nitrogen and oxygen atoms in total. The minimum absolute atomic E-state index is 0.0482. The van der Waals surface area contributed by atoms with Crippen molar-refractivity contribution in [3.63, 3.8) is 0 Å². The molecule has 0 atom stereocenters. The summed E-state index contributed by atoms with van der Waals surface area (Å²) in [6, 6.07) is 6.94. The van der Waals surface area contributed by atoms with Crippen LogP contribution < -0.4 is 4.74 Å². The predicted molar refractivity (Wildman–Crippen MR) is 76.7 cm³/mol. The summed E-state index contributed by atoms with van der Waals surface area (Å²) in [5, 5.41) is 17.4. The van der Waals surface area contributed by atoms with Crippen LogP contribution in [0.4, 0.5) is 4.39 Å². The van der Waals surface area contributed by atoms with Crippen molar-refractivity contribution in [2.24, 2.45) is 0 Å². The van der Waals surface area contributed by atoms with E-state index in [1.54, 1.807) is 19.1 Å². The van der Waals surface area contributed by atoms with Crippen LogP contribution in [0.25, 0.3) is 0 Å². The number of hydrogen-bond donors (Lipinski definition) is 0. The quantitative estimate of drug-likeness (QED) is 0.859. The van der Waals surface area contributed by atoms with Gasteiger partial charge in [0.2, 0.25) is 0 Å². The molecule has 1 heterocycles. The summed E-state index contributed by atoms with van der Waals surface area (Å²) in [6.45, 7) is 5.54. The van der Waals surface area contributed by atoms with E-state index in [1.807, 2.05) is 13.8 Å². The van der Waals surface area contributed by atoms with Crippen LogP contribution in [-0.4, -0.2) is 10.2 Å². The van der Waals surface area contributed by atoms with Gasteiger partial charge in [-0.2, -0.15) is 10.4 Å². The first-order valence-corrected chi connectivity index (χ1v) is 6.83. The van der Waals surface area contributed by atoms with E-state index in [0.29, 0.717) is 24.0 Å². The fourth-order valence-corrected chi connectivity index (χ4v) is 2.14. The number of hydrogen-bond acceptors (Lipinski definition) is 4. The van der Waals surface area contributed by atoms with Gasteiger partial charge in [0, 0.05) is 0 Å². The van der Waals surface area contributed by atoms with Crippen molar-refractivity contribution in [1.82, 2.24) is 10.2 Å². The average Bonchev–Trinajstić information content (AvgIpc) is 2.51. The van der Waals surface area contributed by atoms with E-state index in [2.05, 4.69) is 16.3 Å². The van der Waals surface area contributed by atoms with Gasteiger partial charge in [0.25, 0.3) is 5.88 Å². The lowest BCUT2D eigenvalue weighted by Crippen LogP contribution is -2.05. The molecule has 0 saturated heterocycles. The van der Waals surface area contributed by atoms with Crippen molar-refractivity contribution < 1.29 is 9.13 Å². The molecule has 0 aliphatic heterocycles. The van der Waals surface area contributed by atoms with E-state index in [9.17, 15) is 9.65 Å². The first kappa shape index (κ1) is 14.9. The Labute approximate surface area is 123 Å². The smallest absolute Gasteiger partial charge is 0.257 e. The maximum absolute atomic E-state index is 14.0. The highest BCUT2D eigenvalue weighted by Crippen LogP contribution is 2.29. The number of rotatable bonds is 4. The zero-order valence-electron chi connectivity index (χ0n) is 12.3. The molecule has 0 amide bonds. The van der Waals surface area contributed by atoms with Crippen LogP contribution in [0.3, 0.4) is 0 Å². The van der Waals surface area contributed by atoms with E-state index < -0.39 is 5.82 Å². The monoisotopic (exact) mass is 285 g/mol. The molecule has 0 radical (unpaired) electrons. The van der Waals surface area contributed by atoms with Crippen molar-refractivity contribution in [3.05, 3.63) is 46.4 Å². The molecule has 0 unspecified atom stereocenters. The standard InChI is InChI=1S/C16H16FN3O/c1-4-11-12(9-18)16(20-19-13(11)5-2)21-14-8-6-7-10(3)15(14)17/h6-8H,4-5H2,1-3H3. The Hall–Kier alpha value is -2.48. The lowest BCUT2D eigenvalue weighted by Gasteiger charge is -2.12. The molecule has 0 saturated carbocycles. The Morgan fingerprint density at radius 1 is 1.24 bits per heavy atom. The molecule has 2 rings (SSSR count). The van der Waals surface area contributed by atoms with Crippen molar-refractivity contribution in [1.29, 1.82) is 5.26 Å². The Balaban J connectivity index is 2.50. The van der Waals surface area contributed by atoms with Crippen LogP contribution in [0.2, 0.25) is 0 Å². The second-order valence-electron chi connectivity index (χ2n) is 4.61. The van der Waals surface area contributed by atoms with Gasteiger partial charge in [0.15, 0.2) is 11.6 Å². The number of nitriles is 1. The summed E-state index contributed by atoms with van der Waals surface area (Å²) >= 11 is 0. The van der Waals surface area contributed by atoms with Gasteiger partial charge >= 0.3 is 0 Å². The molecular formula is C16H16FN3O. The lowest BCUT2D eigenvalue weighted by molar-refractivity contribution is 0.417. The molecule has 1 aromatic carbocycles. The molecule has 0 aliphatic carbocycles. The third-order valence-corrected chi connectivity index (χ3v) is 3.29. The maximum Gasteiger partial charge on any atom is 0.257 e. The Bertz CT molecular complexity index is 707. The third kappa shape index (κ3) is 2.84. The van der Waals surface area contributed by atoms with Crippen LogP contribution in [0.15, 0.2) is 18.2 Å². The van der Waals surface area contributed by atoms with Crippen molar-refractivity contribution in [2.75, 3.05) is 0 Å². The van der Waals surface area contributed by atoms with E-state index in [1.165, 1.54) is 6.07 Å². The van der Waals surface area contributed by atoms with Crippen LogP contribution in [0, 0.1) is 24.1 Å². The first-order chi connectivity index (χ1) is 10.1. The van der Waals surface area contributed by atoms with E-state index >= 15 is 0 Å². The highest BCUT2D eigenvalue weighted by atomic mass is 19.1. The molecule has 5 heteroatoms. The van der Waals surface area contributed by atoms with E-state index in [0.717, 1.165) is 11.3 Å². The summed E-state index contributed by atoms with van der Waals surface area (Å²) in [6.07, 6.45) is 1.33. The fraction of sp³-hybridized carbons (Fsp3) is 0.312. The minimum Gasteiger partial charge on any atom is -0.433 e. The largest absolute Gasteiger partial charge is 0.433 e. The minimum atomic E-state index is -0.458. The first-order valence-electron chi connectivity index (χ1n) is 6.83. The number of aromatic nitrogens is 2. The van der Waals surface area contributed by atoms with Gasteiger partial charge in [0.05, 0.1) is 5.69 Å². The van der Waals surface area contributed by atoms with E-state index in [4.69, 9.17) is 4.74 Å². The molecular weight excluding hydrogens is 269 g/mol. The van der Waals surface area contributed by atoms with Crippen LogP contribution >= 0.6 is 0 Å². The Morgan fingerprint density at radius 2 is 2.00 bits per heavy atom. The van der Waals surface area contributed by atoms with Gasteiger partial charge in [-0.25, -0.2) is 4.39 Å². The van der Waals surface area contributed by atoms with Gasteiger partial charge in [-0.1, -0.05) is 26.0 Å². The summed E-state index contributed by atoms with van der Waals surface area (Å²) < 4.78 is 19.5. The summed E-state index contributed by atoms with van der Waals surface area (Å²) in [7, 11) is 0. The maximum atomic E-state index is 14.0. The van der Waals surface area contributed by atoms with Crippen LogP contribution in [-0.2, 0) is 12.8 Å². The van der Waals surface area contributed by atoms with Gasteiger partial charge in [-0.3, -0.25) is 0 Å². The fourth-order valence-electron chi connectivity index (χ4n) is 2.14. The summed E-state index contributed by atoms with van der Waals surface area (Å²) in [5.41, 5.74) is 2.37. The van der Waals surface area contributed by atoms with Gasteiger partial charge in [-0.15, -0.1) is 5.10 Å². The summed E-state index contributed by atoms with van der Waals surface area (Å²) in [4.78, 5) is 0. The van der Waals surface area contributed by atoms with Gasteiger partial charge in [0.1, 0.15) is 11.6 Å². The van der Waals surface area contributed by atoms with Crippen LogP contribution in [0.1, 0.15) is 36.2 Å². The zero-order valence-corrected chi connectivity index (χ0v) is 12.3. The number of ether oxygens (including phenoxy) is 1. The SMILES string of the molecule is CCc1nnc(Oc2cccc(C)c2F)c(C#N)c1CC. The highest BCUT2D eigenvalue weighted by molar-refractivity contribution is 5.48. The van der Waals surface area contributed by atoms with Crippen molar-refractivity contribution >= 4 is 0 Å². The molecule has 2 aromatic rings. The van der Waals surface area contributed by atoms with Gasteiger partial charge in [-0.05, 0) is 37.0 Å². The van der Waals surface area contributed by atoms with Crippen LogP contribution in [0.5, 0.6) is 11.6 Å². The second-order valence-corrected chi connectivity index (χ2v) is 4.61. The predicted octanol–water partition coefficient (Wildman–Crippen LogP) is 3.71. The normalized spacial score (nSPS) is 10.2. The second kappa shape index (κ2) is 6.31. The molecule has 1 aromatic heterocycles. The van der Waals surface area contributed by atoms with Crippen molar-refractivity contribution in [2.45, 2.75) is 33.6 Å². The number of nitrogens with zero attached hydrogens (tertiary/aromatic N) is 3. The van der Waals surface area contributed by atoms with E-state index in [-0.39, 0.29) is 11.6 Å². The van der Waals surface area contributed by atoms with Gasteiger partial charge < -0.3 is 4.74 Å². The zero-order chi connectivity index (χ0) is 15.4. The molecule has 0 spiro atoms. The Morgan fingerprint density at radius 3 is 2.62 bits per heavy atom. The molecule has 0 bridgehead atoms. The summed E-state index contributed by atoms with van der Waals surface area (Å²) in [5.74, 6) is -0.357. The molecule has 108 valence electrons. The molecule has 21 heavy (non-hydrogen) atoms. The average molecular weight is 285 g/mol. The lowest BCUT2D eigenvalue weighted by atomic mass is 10.0. The number of halogens is 1. The number of aryl methyl sites for hydroxylation is 2. The highest BCUT2D eigenvalue weighted by Gasteiger charge is 2.17. The Kier molecular flexibility index (Phi) is 4.49.